The second-order valence-electron chi connectivity index (χ2n) is 5.63. The summed E-state index contributed by atoms with van der Waals surface area (Å²) in [6.07, 6.45) is 8.70. The van der Waals surface area contributed by atoms with Gasteiger partial charge >= 0.3 is 0 Å². The molecule has 0 N–H and O–H groups in total. The van der Waals surface area contributed by atoms with Gasteiger partial charge in [0, 0.05) is 24.5 Å². The molecule has 0 spiro atoms. The Morgan fingerprint density at radius 1 is 1.05 bits per heavy atom. The van der Waals surface area contributed by atoms with Crippen LogP contribution in [0.15, 0.2) is 24.5 Å². The van der Waals surface area contributed by atoms with E-state index in [1.165, 1.54) is 41.5 Å². The lowest BCUT2D eigenvalue weighted by Crippen LogP contribution is -2.02. The number of hydrogen-bond acceptors (Lipinski definition) is 1. The lowest BCUT2D eigenvalue weighted by molar-refractivity contribution is 0.593. The lowest BCUT2D eigenvalue weighted by Gasteiger charge is -2.13. The molecule has 0 amide bonds. The Morgan fingerprint density at radius 3 is 2.40 bits per heavy atom. The van der Waals surface area contributed by atoms with Gasteiger partial charge in [0.05, 0.1) is 0 Å². The highest BCUT2D eigenvalue weighted by Gasteiger charge is 2.11. The largest absolute Gasteiger partial charge is 0.331 e. The Labute approximate surface area is 122 Å². The molecular weight excluding hydrogens is 244 g/mol. The van der Waals surface area contributed by atoms with Gasteiger partial charge in [-0.05, 0) is 38.3 Å². The molecule has 20 heavy (non-hydrogen) atoms. The number of aromatic nitrogens is 2. The number of unbranched alkanes of at least 4 members (excludes halogenated alkanes) is 3. The third kappa shape index (κ3) is 3.30. The standard InChI is InChI=1S/C18H25N2/c1-5-6-7-8-10-20-11-9-19-18(20)17-15(3)12-14(2)13-16(17)4/h9,11-13H,1,5-8,10H2,2-4H3. The van der Waals surface area contributed by atoms with Gasteiger partial charge in [-0.3, -0.25) is 0 Å². The second kappa shape index (κ2) is 6.74. The van der Waals surface area contributed by atoms with Gasteiger partial charge in [-0.1, -0.05) is 43.9 Å². The zero-order chi connectivity index (χ0) is 14.5. The Morgan fingerprint density at radius 2 is 1.75 bits per heavy atom. The molecular formula is C18H25N2. The van der Waals surface area contributed by atoms with E-state index in [9.17, 15) is 0 Å². The van der Waals surface area contributed by atoms with Crippen molar-refractivity contribution in [3.8, 4) is 11.4 Å². The molecule has 0 saturated carbocycles. The molecule has 0 fully saturated rings. The first-order valence-corrected chi connectivity index (χ1v) is 7.52. The van der Waals surface area contributed by atoms with Gasteiger partial charge in [0.1, 0.15) is 5.82 Å². The van der Waals surface area contributed by atoms with Crippen LogP contribution in [-0.4, -0.2) is 9.55 Å². The summed E-state index contributed by atoms with van der Waals surface area (Å²) in [6.45, 7) is 11.4. The van der Waals surface area contributed by atoms with Gasteiger partial charge in [-0.15, -0.1) is 0 Å². The van der Waals surface area contributed by atoms with E-state index in [1.807, 2.05) is 6.20 Å². The average molecular weight is 269 g/mol. The number of hydrogen-bond donors (Lipinski definition) is 0. The van der Waals surface area contributed by atoms with Crippen LogP contribution in [0.4, 0.5) is 0 Å². The van der Waals surface area contributed by atoms with Crippen molar-refractivity contribution in [2.75, 3.05) is 0 Å². The highest BCUT2D eigenvalue weighted by molar-refractivity contribution is 5.65. The van der Waals surface area contributed by atoms with Gasteiger partial charge in [-0.2, -0.15) is 0 Å². The summed E-state index contributed by atoms with van der Waals surface area (Å²) in [5.74, 6) is 1.11. The van der Waals surface area contributed by atoms with Crippen molar-refractivity contribution in [2.24, 2.45) is 0 Å². The predicted octanol–water partition coefficient (Wildman–Crippen LogP) is 4.87. The molecule has 0 aliphatic heterocycles. The van der Waals surface area contributed by atoms with Crippen LogP contribution in [-0.2, 0) is 6.54 Å². The quantitative estimate of drug-likeness (QED) is 0.684. The molecule has 2 nitrogen and oxygen atoms in total. The maximum absolute atomic E-state index is 4.59. The van der Waals surface area contributed by atoms with Crippen molar-refractivity contribution in [3.63, 3.8) is 0 Å². The number of imidazole rings is 1. The summed E-state index contributed by atoms with van der Waals surface area (Å²) in [6, 6.07) is 4.48. The molecule has 1 aromatic carbocycles. The Hall–Kier alpha value is -1.57. The Bertz CT molecular complexity index is 544. The number of benzene rings is 1. The van der Waals surface area contributed by atoms with Gasteiger partial charge in [-0.25, -0.2) is 4.98 Å². The van der Waals surface area contributed by atoms with Crippen LogP contribution in [0.2, 0.25) is 0 Å². The summed E-state index contributed by atoms with van der Waals surface area (Å²) in [4.78, 5) is 4.59. The summed E-state index contributed by atoms with van der Waals surface area (Å²) in [5.41, 5.74) is 5.23. The van der Waals surface area contributed by atoms with E-state index in [-0.39, 0.29) is 0 Å². The molecule has 1 aromatic heterocycles. The topological polar surface area (TPSA) is 17.8 Å². The highest BCUT2D eigenvalue weighted by Crippen LogP contribution is 2.27. The molecule has 0 atom stereocenters. The first-order valence-electron chi connectivity index (χ1n) is 7.52. The van der Waals surface area contributed by atoms with E-state index in [2.05, 4.69) is 55.6 Å². The van der Waals surface area contributed by atoms with Crippen LogP contribution in [0.25, 0.3) is 11.4 Å². The normalized spacial score (nSPS) is 11.0. The van der Waals surface area contributed by atoms with Gasteiger partial charge < -0.3 is 4.57 Å². The van der Waals surface area contributed by atoms with E-state index in [1.54, 1.807) is 0 Å². The van der Waals surface area contributed by atoms with Crippen LogP contribution in [0.3, 0.4) is 0 Å². The van der Waals surface area contributed by atoms with Gasteiger partial charge in [0.2, 0.25) is 0 Å². The number of aryl methyl sites for hydroxylation is 4. The fraction of sp³-hybridized carbons (Fsp3) is 0.444. The molecule has 0 unspecified atom stereocenters. The fourth-order valence-electron chi connectivity index (χ4n) is 2.89. The molecule has 2 rings (SSSR count). The molecule has 1 heterocycles. The molecule has 0 aliphatic carbocycles. The molecule has 0 aliphatic rings. The molecule has 107 valence electrons. The fourth-order valence-corrected chi connectivity index (χ4v) is 2.89. The van der Waals surface area contributed by atoms with Crippen LogP contribution >= 0.6 is 0 Å². The van der Waals surface area contributed by atoms with Crippen LogP contribution in [0.5, 0.6) is 0 Å². The van der Waals surface area contributed by atoms with Crippen LogP contribution in [0.1, 0.15) is 42.4 Å². The highest BCUT2D eigenvalue weighted by atomic mass is 15.1. The zero-order valence-electron chi connectivity index (χ0n) is 12.9. The molecule has 2 aromatic rings. The number of nitrogens with zero attached hydrogens (tertiary/aromatic N) is 2. The second-order valence-corrected chi connectivity index (χ2v) is 5.63. The van der Waals surface area contributed by atoms with E-state index in [0.29, 0.717) is 0 Å². The zero-order valence-corrected chi connectivity index (χ0v) is 12.9. The summed E-state index contributed by atoms with van der Waals surface area (Å²) in [5, 5.41) is 0. The summed E-state index contributed by atoms with van der Waals surface area (Å²) >= 11 is 0. The molecule has 0 bridgehead atoms. The summed E-state index contributed by atoms with van der Waals surface area (Å²) in [7, 11) is 0. The van der Waals surface area contributed by atoms with Crippen molar-refractivity contribution in [2.45, 2.75) is 53.0 Å². The monoisotopic (exact) mass is 269 g/mol. The first-order chi connectivity index (χ1) is 9.63. The van der Waals surface area contributed by atoms with E-state index in [0.717, 1.165) is 18.8 Å². The third-order valence-electron chi connectivity index (χ3n) is 3.77. The number of rotatable bonds is 6. The van der Waals surface area contributed by atoms with Crippen molar-refractivity contribution in [1.29, 1.82) is 0 Å². The lowest BCUT2D eigenvalue weighted by atomic mass is 9.99. The summed E-state index contributed by atoms with van der Waals surface area (Å²) < 4.78 is 2.29. The van der Waals surface area contributed by atoms with Crippen LogP contribution in [0, 0.1) is 27.7 Å². The minimum Gasteiger partial charge on any atom is -0.331 e. The van der Waals surface area contributed by atoms with E-state index < -0.39 is 0 Å². The van der Waals surface area contributed by atoms with Crippen molar-refractivity contribution < 1.29 is 0 Å². The maximum atomic E-state index is 4.59. The minimum atomic E-state index is 1.03. The van der Waals surface area contributed by atoms with Crippen molar-refractivity contribution >= 4 is 0 Å². The molecule has 0 saturated heterocycles. The van der Waals surface area contributed by atoms with Crippen molar-refractivity contribution in [1.82, 2.24) is 9.55 Å². The van der Waals surface area contributed by atoms with Crippen LogP contribution < -0.4 is 0 Å². The van der Waals surface area contributed by atoms with Crippen molar-refractivity contribution in [3.05, 3.63) is 48.1 Å². The van der Waals surface area contributed by atoms with Gasteiger partial charge in [0.25, 0.3) is 0 Å². The first kappa shape index (κ1) is 14.8. The smallest absolute Gasteiger partial charge is 0.140 e. The molecule has 2 heteroatoms. The average Bonchev–Trinajstić information content (AvgIpc) is 2.82. The Balaban J connectivity index is 2.24. The predicted molar refractivity (Wildman–Crippen MR) is 85.7 cm³/mol. The minimum absolute atomic E-state index is 1.03. The van der Waals surface area contributed by atoms with Gasteiger partial charge in [0.15, 0.2) is 0 Å². The Kier molecular flexibility index (Phi) is 4.99. The van der Waals surface area contributed by atoms with E-state index in [4.69, 9.17) is 0 Å². The molecule has 1 radical (unpaired) electrons. The van der Waals surface area contributed by atoms with E-state index >= 15 is 0 Å². The third-order valence-corrected chi connectivity index (χ3v) is 3.77. The SMILES string of the molecule is [CH2]CCCCCn1ccnc1-c1c(C)cc(C)cc1C. The maximum Gasteiger partial charge on any atom is 0.140 e.